The number of methoxy groups -OCH3 is 2. The Labute approximate surface area is 200 Å². The lowest BCUT2D eigenvalue weighted by Gasteiger charge is -2.41. The Balaban J connectivity index is 2.46. The highest BCUT2D eigenvalue weighted by atomic mass is 28.4. The van der Waals surface area contributed by atoms with E-state index in [0.717, 1.165) is 24.0 Å². The molecule has 2 aromatic carbocycles. The van der Waals surface area contributed by atoms with E-state index in [1.165, 1.54) is 5.56 Å². The Hall–Kier alpha value is -2.31. The first-order valence-electron chi connectivity index (χ1n) is 11.6. The second kappa shape index (κ2) is 11.2. The number of aliphatic carboxylic acids is 1. The summed E-state index contributed by atoms with van der Waals surface area (Å²) < 4.78 is 18.0. The molecule has 0 aliphatic carbocycles. The molecule has 0 spiro atoms. The Kier molecular flexibility index (Phi) is 9.15. The van der Waals surface area contributed by atoms with Crippen molar-refractivity contribution in [2.24, 2.45) is 5.92 Å². The minimum atomic E-state index is -2.28. The van der Waals surface area contributed by atoms with Gasteiger partial charge in [0.05, 0.1) is 26.2 Å². The average Bonchev–Trinajstić information content (AvgIpc) is 2.75. The third-order valence-corrected chi connectivity index (χ3v) is 11.3. The summed E-state index contributed by atoms with van der Waals surface area (Å²) in [7, 11) is 0.953. The van der Waals surface area contributed by atoms with Crippen molar-refractivity contribution in [3.63, 3.8) is 0 Å². The zero-order valence-corrected chi connectivity index (χ0v) is 22.4. The van der Waals surface area contributed by atoms with Gasteiger partial charge >= 0.3 is 5.97 Å². The molecule has 0 aliphatic heterocycles. The Morgan fingerprint density at radius 2 is 1.58 bits per heavy atom. The van der Waals surface area contributed by atoms with E-state index in [1.54, 1.807) is 14.2 Å². The van der Waals surface area contributed by atoms with Crippen LogP contribution in [0.4, 0.5) is 0 Å². The molecule has 0 aliphatic rings. The van der Waals surface area contributed by atoms with Crippen LogP contribution in [0.2, 0.25) is 18.1 Å². The van der Waals surface area contributed by atoms with Crippen molar-refractivity contribution in [3.8, 4) is 11.5 Å². The molecule has 1 unspecified atom stereocenters. The summed E-state index contributed by atoms with van der Waals surface area (Å²) in [6, 6.07) is 14.0. The molecule has 2 atom stereocenters. The van der Waals surface area contributed by atoms with Crippen LogP contribution in [0.15, 0.2) is 42.5 Å². The summed E-state index contributed by atoms with van der Waals surface area (Å²) in [5.41, 5.74) is 2.87. The summed E-state index contributed by atoms with van der Waals surface area (Å²) in [6.07, 6.45) is 1.51. The fourth-order valence-electron chi connectivity index (χ4n) is 3.72. The summed E-state index contributed by atoms with van der Waals surface area (Å²) >= 11 is 0. The van der Waals surface area contributed by atoms with Crippen molar-refractivity contribution in [2.75, 3.05) is 14.2 Å². The standard InChI is InChI=1S/C27H40O5Si/c1-19-23(30-5)17-21(18-24(19)31-6)25(32-33(7,8)27(2,3)4)22(26(28)29)16-12-15-20-13-10-9-11-14-20/h9-11,13-14,17-18,22,25H,12,15-16H2,1-8H3,(H,28,29)/t22-,25?/m1/s1. The van der Waals surface area contributed by atoms with Crippen LogP contribution in [0.25, 0.3) is 0 Å². The highest BCUT2D eigenvalue weighted by molar-refractivity contribution is 6.74. The van der Waals surface area contributed by atoms with Crippen LogP contribution in [-0.2, 0) is 15.6 Å². The lowest BCUT2D eigenvalue weighted by Crippen LogP contribution is -2.44. The van der Waals surface area contributed by atoms with Crippen LogP contribution >= 0.6 is 0 Å². The Bertz CT molecular complexity index is 893. The van der Waals surface area contributed by atoms with Crippen LogP contribution < -0.4 is 9.47 Å². The maximum absolute atomic E-state index is 12.5. The average molecular weight is 473 g/mol. The van der Waals surface area contributed by atoms with Crippen molar-refractivity contribution in [1.82, 2.24) is 0 Å². The van der Waals surface area contributed by atoms with Crippen LogP contribution in [0.5, 0.6) is 11.5 Å². The quantitative estimate of drug-likeness (QED) is 0.364. The van der Waals surface area contributed by atoms with Gasteiger partial charge in [-0.25, -0.2) is 0 Å². The molecular weight excluding hydrogens is 432 g/mol. The number of rotatable bonds is 11. The lowest BCUT2D eigenvalue weighted by molar-refractivity contribution is -0.145. The molecule has 0 radical (unpaired) electrons. The van der Waals surface area contributed by atoms with Gasteiger partial charge in [-0.05, 0) is 67.6 Å². The highest BCUT2D eigenvalue weighted by Gasteiger charge is 2.43. The number of benzene rings is 2. The molecule has 0 amide bonds. The third-order valence-electron chi connectivity index (χ3n) is 6.84. The van der Waals surface area contributed by atoms with Crippen LogP contribution in [0, 0.1) is 12.8 Å². The van der Waals surface area contributed by atoms with E-state index in [1.807, 2.05) is 37.3 Å². The van der Waals surface area contributed by atoms with Crippen molar-refractivity contribution in [2.45, 2.75) is 71.2 Å². The number of carboxylic acid groups (broad SMARTS) is 1. The molecule has 0 bridgehead atoms. The summed E-state index contributed by atoms with van der Waals surface area (Å²) in [6.45, 7) is 12.7. The number of carboxylic acids is 1. The topological polar surface area (TPSA) is 65.0 Å². The van der Waals surface area contributed by atoms with E-state index in [9.17, 15) is 9.90 Å². The number of ether oxygens (including phenoxy) is 2. The molecular formula is C27H40O5Si. The highest BCUT2D eigenvalue weighted by Crippen LogP contribution is 2.44. The fourth-order valence-corrected chi connectivity index (χ4v) is 5.01. The molecule has 182 valence electrons. The van der Waals surface area contributed by atoms with E-state index < -0.39 is 26.3 Å². The monoisotopic (exact) mass is 472 g/mol. The first-order valence-corrected chi connectivity index (χ1v) is 14.5. The Morgan fingerprint density at radius 3 is 2.03 bits per heavy atom. The zero-order valence-electron chi connectivity index (χ0n) is 21.4. The largest absolute Gasteiger partial charge is 0.496 e. The van der Waals surface area contributed by atoms with Gasteiger partial charge in [0.1, 0.15) is 11.5 Å². The maximum Gasteiger partial charge on any atom is 0.309 e. The van der Waals surface area contributed by atoms with Crippen LogP contribution in [0.3, 0.4) is 0 Å². The molecule has 5 nitrogen and oxygen atoms in total. The van der Waals surface area contributed by atoms with E-state index >= 15 is 0 Å². The van der Waals surface area contributed by atoms with Crippen molar-refractivity contribution >= 4 is 14.3 Å². The minimum Gasteiger partial charge on any atom is -0.496 e. The van der Waals surface area contributed by atoms with Crippen LogP contribution in [0.1, 0.15) is 56.4 Å². The second-order valence-corrected chi connectivity index (χ2v) is 14.9. The molecule has 6 heteroatoms. The SMILES string of the molecule is COc1cc(C(O[Si](C)(C)C(C)(C)C)[C@@H](CCCc2ccccc2)C(=O)O)cc(OC)c1C. The molecule has 0 aromatic heterocycles. The molecule has 0 heterocycles. The van der Waals surface area contributed by atoms with Gasteiger partial charge in [0.15, 0.2) is 8.32 Å². The maximum atomic E-state index is 12.5. The van der Waals surface area contributed by atoms with Gasteiger partial charge in [-0.15, -0.1) is 0 Å². The predicted octanol–water partition coefficient (Wildman–Crippen LogP) is 6.80. The van der Waals surface area contributed by atoms with E-state index in [0.29, 0.717) is 17.9 Å². The van der Waals surface area contributed by atoms with Crippen molar-refractivity contribution in [3.05, 3.63) is 59.2 Å². The zero-order chi connectivity index (χ0) is 24.8. The van der Waals surface area contributed by atoms with Gasteiger partial charge in [-0.3, -0.25) is 4.79 Å². The smallest absolute Gasteiger partial charge is 0.309 e. The molecule has 1 N–H and O–H groups in total. The van der Waals surface area contributed by atoms with Gasteiger partial charge in [0.2, 0.25) is 0 Å². The molecule has 0 saturated carbocycles. The minimum absolute atomic E-state index is 0.0583. The van der Waals surface area contributed by atoms with Gasteiger partial charge in [-0.1, -0.05) is 51.1 Å². The first kappa shape index (κ1) is 26.9. The third kappa shape index (κ3) is 6.84. The van der Waals surface area contributed by atoms with E-state index in [4.69, 9.17) is 13.9 Å². The predicted molar refractivity (Wildman–Crippen MR) is 136 cm³/mol. The van der Waals surface area contributed by atoms with E-state index in [2.05, 4.69) is 46.0 Å². The first-order chi connectivity index (χ1) is 15.4. The van der Waals surface area contributed by atoms with Crippen molar-refractivity contribution in [1.29, 1.82) is 0 Å². The molecule has 0 fully saturated rings. The number of hydrogen-bond acceptors (Lipinski definition) is 4. The lowest BCUT2D eigenvalue weighted by atomic mass is 9.89. The van der Waals surface area contributed by atoms with E-state index in [-0.39, 0.29) is 5.04 Å². The van der Waals surface area contributed by atoms with Gasteiger partial charge in [0, 0.05) is 5.56 Å². The van der Waals surface area contributed by atoms with Gasteiger partial charge in [-0.2, -0.15) is 0 Å². The number of hydrogen-bond donors (Lipinski definition) is 1. The number of carbonyl (C=O) groups is 1. The Morgan fingerprint density at radius 1 is 1.03 bits per heavy atom. The molecule has 2 rings (SSSR count). The fraction of sp³-hybridized carbons (Fsp3) is 0.519. The summed E-state index contributed by atoms with van der Waals surface area (Å²) in [5, 5.41) is 10.2. The van der Waals surface area contributed by atoms with Gasteiger partial charge < -0.3 is 19.0 Å². The normalized spacial score (nSPS) is 13.9. The van der Waals surface area contributed by atoms with Crippen LogP contribution in [-0.4, -0.2) is 33.6 Å². The second-order valence-electron chi connectivity index (χ2n) is 10.2. The molecule has 0 saturated heterocycles. The summed E-state index contributed by atoms with van der Waals surface area (Å²) in [5.74, 6) is -0.187. The molecule has 33 heavy (non-hydrogen) atoms. The number of aryl methyl sites for hydroxylation is 1. The molecule has 2 aromatic rings. The van der Waals surface area contributed by atoms with Gasteiger partial charge in [0.25, 0.3) is 0 Å². The summed E-state index contributed by atoms with van der Waals surface area (Å²) in [4.78, 5) is 12.5. The van der Waals surface area contributed by atoms with Crippen molar-refractivity contribution < 1.29 is 23.8 Å².